The minimum atomic E-state index is -1.26. The Morgan fingerprint density at radius 2 is 2.00 bits per heavy atom. The highest BCUT2D eigenvalue weighted by Gasteiger charge is 2.29. The first kappa shape index (κ1) is 19.7. The monoisotopic (exact) mass is 428 g/mol. The van der Waals surface area contributed by atoms with Gasteiger partial charge in [0.25, 0.3) is 17.4 Å². The summed E-state index contributed by atoms with van der Waals surface area (Å²) < 4.78 is 6.60. The van der Waals surface area contributed by atoms with Crippen LogP contribution in [0.5, 0.6) is 5.75 Å². The number of carbonyl (C=O) groups is 2. The van der Waals surface area contributed by atoms with Crippen LogP contribution in [0, 0.1) is 0 Å². The molecule has 0 radical (unpaired) electrons. The average molecular weight is 428 g/mol. The number of nitrogens with zero attached hydrogens (tertiary/aromatic N) is 3. The molecule has 0 fully saturated rings. The Bertz CT molecular complexity index is 1190. The van der Waals surface area contributed by atoms with Crippen molar-refractivity contribution in [2.24, 2.45) is 0 Å². The van der Waals surface area contributed by atoms with Gasteiger partial charge < -0.3 is 24.6 Å². The first-order valence-corrected chi connectivity index (χ1v) is 10.0. The van der Waals surface area contributed by atoms with E-state index in [4.69, 9.17) is 9.63 Å². The van der Waals surface area contributed by atoms with E-state index in [9.17, 15) is 19.5 Å². The fraction of sp³-hybridized carbons (Fsp3) is 0.211. The van der Waals surface area contributed by atoms with E-state index in [0.717, 1.165) is 5.56 Å². The molecule has 11 heteroatoms. The van der Waals surface area contributed by atoms with Crippen molar-refractivity contribution in [3.05, 3.63) is 63.3 Å². The Balaban J connectivity index is 1.72. The smallest absolute Gasteiger partial charge is 0.322 e. The maximum absolute atomic E-state index is 13.0. The zero-order valence-corrected chi connectivity index (χ0v) is 16.3. The van der Waals surface area contributed by atoms with Crippen molar-refractivity contribution in [2.75, 3.05) is 6.54 Å². The van der Waals surface area contributed by atoms with Gasteiger partial charge in [-0.15, -0.1) is 0 Å². The summed E-state index contributed by atoms with van der Waals surface area (Å²) in [6, 6.07) is 9.13. The van der Waals surface area contributed by atoms with Crippen LogP contribution in [-0.2, 0) is 22.8 Å². The zero-order chi connectivity index (χ0) is 21.3. The van der Waals surface area contributed by atoms with Crippen LogP contribution in [0.2, 0.25) is 0 Å². The van der Waals surface area contributed by atoms with Gasteiger partial charge in [-0.05, 0) is 12.1 Å². The molecule has 154 valence electrons. The second-order valence-electron chi connectivity index (χ2n) is 6.49. The van der Waals surface area contributed by atoms with E-state index in [2.05, 4.69) is 15.5 Å². The molecule has 3 N–H and O–H groups in total. The number of amides is 1. The van der Waals surface area contributed by atoms with Crippen molar-refractivity contribution in [2.45, 2.75) is 18.1 Å². The summed E-state index contributed by atoms with van der Waals surface area (Å²) in [6.45, 7) is -0.730. The number of thioether (sulfide) groups is 1. The van der Waals surface area contributed by atoms with Crippen LogP contribution < -0.4 is 10.9 Å². The van der Waals surface area contributed by atoms with Crippen LogP contribution in [0.3, 0.4) is 0 Å². The molecule has 0 saturated carbocycles. The van der Waals surface area contributed by atoms with Gasteiger partial charge in [-0.1, -0.05) is 23.4 Å². The molecule has 10 nitrogen and oxygen atoms in total. The number of hydrogen-bond donors (Lipinski definition) is 3. The predicted molar refractivity (Wildman–Crippen MR) is 106 cm³/mol. The van der Waals surface area contributed by atoms with E-state index in [0.29, 0.717) is 28.7 Å². The minimum Gasteiger partial charge on any atom is -0.507 e. The zero-order valence-electron chi connectivity index (χ0n) is 15.5. The molecule has 0 saturated heterocycles. The highest BCUT2D eigenvalue weighted by atomic mass is 32.2. The van der Waals surface area contributed by atoms with Gasteiger partial charge in [-0.25, -0.2) is 0 Å². The first-order chi connectivity index (χ1) is 14.5. The van der Waals surface area contributed by atoms with Gasteiger partial charge in [0.05, 0.1) is 6.54 Å². The lowest BCUT2D eigenvalue weighted by Crippen LogP contribution is -2.37. The number of aromatic hydroxyl groups is 1. The third-order valence-corrected chi connectivity index (χ3v) is 5.53. The molecular weight excluding hydrogens is 412 g/mol. The van der Waals surface area contributed by atoms with E-state index in [1.54, 1.807) is 0 Å². The number of aromatic nitrogens is 3. The van der Waals surface area contributed by atoms with Crippen molar-refractivity contribution in [3.63, 3.8) is 0 Å². The van der Waals surface area contributed by atoms with Gasteiger partial charge in [-0.2, -0.15) is 16.7 Å². The lowest BCUT2D eigenvalue weighted by molar-refractivity contribution is -0.135. The molecule has 0 spiro atoms. The summed E-state index contributed by atoms with van der Waals surface area (Å²) >= 11 is 1.48. The average Bonchev–Trinajstić information content (AvgIpc) is 3.40. The van der Waals surface area contributed by atoms with Crippen molar-refractivity contribution in [3.8, 4) is 17.2 Å². The van der Waals surface area contributed by atoms with Crippen molar-refractivity contribution >= 4 is 23.6 Å². The number of pyridine rings is 1. The van der Waals surface area contributed by atoms with Gasteiger partial charge in [0, 0.05) is 28.3 Å². The molecule has 0 aliphatic carbocycles. The largest absolute Gasteiger partial charge is 0.507 e. The van der Waals surface area contributed by atoms with Crippen LogP contribution in [-0.4, -0.2) is 43.3 Å². The fourth-order valence-electron chi connectivity index (χ4n) is 3.15. The maximum atomic E-state index is 13.0. The van der Waals surface area contributed by atoms with Crippen LogP contribution >= 0.6 is 11.8 Å². The van der Waals surface area contributed by atoms with Crippen LogP contribution in [0.15, 0.2) is 39.6 Å². The molecule has 1 aliphatic rings. The molecule has 2 aromatic heterocycles. The van der Waals surface area contributed by atoms with Crippen molar-refractivity contribution in [1.82, 2.24) is 20.0 Å². The van der Waals surface area contributed by atoms with E-state index in [-0.39, 0.29) is 12.4 Å². The lowest BCUT2D eigenvalue weighted by Gasteiger charge is -2.14. The van der Waals surface area contributed by atoms with Gasteiger partial charge >= 0.3 is 5.97 Å². The third-order valence-electron chi connectivity index (χ3n) is 4.56. The van der Waals surface area contributed by atoms with Gasteiger partial charge in [0.1, 0.15) is 17.9 Å². The summed E-state index contributed by atoms with van der Waals surface area (Å²) in [4.78, 5) is 40.4. The number of hydrogen-bond acceptors (Lipinski definition) is 8. The Hall–Kier alpha value is -3.60. The topological polar surface area (TPSA) is 148 Å². The molecule has 0 atom stereocenters. The third kappa shape index (κ3) is 3.66. The molecule has 30 heavy (non-hydrogen) atoms. The summed E-state index contributed by atoms with van der Waals surface area (Å²) in [5, 5.41) is 25.3. The fourth-order valence-corrected chi connectivity index (χ4v) is 4.28. The molecular formula is C19H16N4O6S. The van der Waals surface area contributed by atoms with Gasteiger partial charge in [-0.3, -0.25) is 14.4 Å². The van der Waals surface area contributed by atoms with E-state index >= 15 is 0 Å². The second-order valence-corrected chi connectivity index (χ2v) is 7.48. The Kier molecular flexibility index (Phi) is 5.27. The molecule has 3 aromatic rings. The number of carboxylic acids is 1. The maximum Gasteiger partial charge on any atom is 0.322 e. The minimum absolute atomic E-state index is 0.0580. The number of nitrogens with one attached hydrogen (secondary N) is 1. The Morgan fingerprint density at radius 1 is 1.23 bits per heavy atom. The highest BCUT2D eigenvalue weighted by molar-refractivity contribution is 7.98. The predicted octanol–water partition coefficient (Wildman–Crippen LogP) is 1.21. The summed E-state index contributed by atoms with van der Waals surface area (Å²) in [5.74, 6) is -1.22. The van der Waals surface area contributed by atoms with Crippen molar-refractivity contribution < 1.29 is 24.3 Å². The van der Waals surface area contributed by atoms with Gasteiger partial charge in [0.2, 0.25) is 0 Å². The number of carbonyl (C=O) groups excluding carboxylic acids is 1. The number of rotatable bonds is 6. The Labute approximate surface area is 173 Å². The normalized spacial score (nSPS) is 12.5. The van der Waals surface area contributed by atoms with E-state index in [1.165, 1.54) is 16.3 Å². The highest BCUT2D eigenvalue weighted by Crippen LogP contribution is 2.36. The number of carboxylic acid groups (broad SMARTS) is 1. The molecule has 1 aliphatic heterocycles. The molecule has 0 bridgehead atoms. The van der Waals surface area contributed by atoms with Crippen molar-refractivity contribution in [1.29, 1.82) is 0 Å². The van der Waals surface area contributed by atoms with E-state index in [1.807, 2.05) is 30.3 Å². The summed E-state index contributed by atoms with van der Waals surface area (Å²) in [7, 11) is 0. The first-order valence-electron chi connectivity index (χ1n) is 8.89. The standard InChI is InChI=1S/C19H16N4O6S/c24-14(25)6-20-17(27)15-16(26)11-8-30-9-12(11)23(19(15)28)7-13-21-18(29-22-13)10-4-2-1-3-5-10/h1-5,26H,6-9H2,(H,20,27)(H,24,25). The quantitative estimate of drug-likeness (QED) is 0.527. The second kappa shape index (κ2) is 8.03. The lowest BCUT2D eigenvalue weighted by atomic mass is 10.1. The van der Waals surface area contributed by atoms with E-state index < -0.39 is 35.3 Å². The van der Waals surface area contributed by atoms with Crippen LogP contribution in [0.25, 0.3) is 11.5 Å². The molecule has 3 heterocycles. The molecule has 4 rings (SSSR count). The Morgan fingerprint density at radius 3 is 2.73 bits per heavy atom. The van der Waals surface area contributed by atoms with Crippen LogP contribution in [0.4, 0.5) is 0 Å². The summed E-state index contributed by atoms with van der Waals surface area (Å²) in [6.07, 6.45) is 0. The van der Waals surface area contributed by atoms with Gasteiger partial charge in [0.15, 0.2) is 5.82 Å². The molecule has 1 amide bonds. The van der Waals surface area contributed by atoms with Crippen LogP contribution in [0.1, 0.15) is 27.4 Å². The summed E-state index contributed by atoms with van der Waals surface area (Å²) in [5.41, 5.74) is 0.519. The number of aliphatic carboxylic acids is 1. The molecule has 1 aromatic carbocycles. The number of fused-ring (bicyclic) bond motifs is 1. The molecule has 0 unspecified atom stereocenters. The SMILES string of the molecule is O=C(O)CNC(=O)c1c(O)c2c(n(Cc3noc(-c4ccccc4)n3)c1=O)CSC2. The number of benzene rings is 1.